The number of hydrogen-bond donors (Lipinski definition) is 1. The van der Waals surface area contributed by atoms with Gasteiger partial charge in [0.25, 0.3) is 5.69 Å². The Morgan fingerprint density at radius 2 is 2.22 bits per heavy atom. The van der Waals surface area contributed by atoms with Gasteiger partial charge in [0.05, 0.1) is 24.7 Å². The van der Waals surface area contributed by atoms with Gasteiger partial charge in [-0.25, -0.2) is 0 Å². The lowest BCUT2D eigenvalue weighted by Crippen LogP contribution is -2.23. The fourth-order valence-electron chi connectivity index (χ4n) is 1.57. The van der Waals surface area contributed by atoms with Gasteiger partial charge < -0.3 is 14.8 Å². The molecule has 6 heteroatoms. The van der Waals surface area contributed by atoms with E-state index in [0.717, 1.165) is 6.54 Å². The first-order chi connectivity index (χ1) is 8.58. The molecule has 0 aliphatic carbocycles. The summed E-state index contributed by atoms with van der Waals surface area (Å²) in [6, 6.07) is 4.48. The van der Waals surface area contributed by atoms with Crippen LogP contribution in [0.25, 0.3) is 0 Å². The molecule has 0 bridgehead atoms. The number of non-ortho nitro benzene ring substituents is 1. The molecule has 0 saturated heterocycles. The minimum Gasteiger partial charge on any atom is -0.496 e. The molecular weight excluding hydrogens is 236 g/mol. The van der Waals surface area contributed by atoms with Crippen molar-refractivity contribution in [2.75, 3.05) is 20.7 Å². The third-order valence-corrected chi connectivity index (χ3v) is 2.49. The molecule has 1 rings (SSSR count). The number of ether oxygens (including phenoxy) is 2. The van der Waals surface area contributed by atoms with E-state index >= 15 is 0 Å². The van der Waals surface area contributed by atoms with E-state index in [2.05, 4.69) is 5.32 Å². The van der Waals surface area contributed by atoms with Gasteiger partial charge in [0.15, 0.2) is 0 Å². The van der Waals surface area contributed by atoms with Crippen molar-refractivity contribution in [1.29, 1.82) is 0 Å². The zero-order valence-electron chi connectivity index (χ0n) is 10.8. The van der Waals surface area contributed by atoms with Crippen LogP contribution in [0, 0.1) is 10.1 Å². The maximum atomic E-state index is 10.7. The normalized spacial score (nSPS) is 12.2. The van der Waals surface area contributed by atoms with Crippen LogP contribution in [0.1, 0.15) is 12.5 Å². The fraction of sp³-hybridized carbons (Fsp3) is 0.500. The highest BCUT2D eigenvalue weighted by molar-refractivity contribution is 5.43. The Morgan fingerprint density at radius 1 is 1.50 bits per heavy atom. The van der Waals surface area contributed by atoms with Crippen molar-refractivity contribution in [1.82, 2.24) is 5.32 Å². The van der Waals surface area contributed by atoms with E-state index < -0.39 is 4.92 Å². The van der Waals surface area contributed by atoms with Crippen molar-refractivity contribution >= 4 is 5.69 Å². The molecule has 0 fully saturated rings. The largest absolute Gasteiger partial charge is 0.496 e. The number of nitrogens with one attached hydrogen (secondary N) is 1. The minimum absolute atomic E-state index is 0.0268. The Balaban J connectivity index is 2.78. The highest BCUT2D eigenvalue weighted by Gasteiger charge is 2.12. The highest BCUT2D eigenvalue weighted by atomic mass is 16.6. The zero-order valence-corrected chi connectivity index (χ0v) is 10.8. The molecule has 6 nitrogen and oxygen atoms in total. The van der Waals surface area contributed by atoms with Gasteiger partial charge in [-0.3, -0.25) is 10.1 Å². The fourth-order valence-corrected chi connectivity index (χ4v) is 1.57. The van der Waals surface area contributed by atoms with Crippen LogP contribution in [0.2, 0.25) is 0 Å². The summed E-state index contributed by atoms with van der Waals surface area (Å²) < 4.78 is 10.7. The molecule has 0 aromatic heterocycles. The standard InChI is InChI=1S/C12H18N2O4/c1-9(7-13-2)18-8-10-6-11(14(15)16)4-5-12(10)17-3/h4-6,9,13H,7-8H2,1-3H3. The van der Waals surface area contributed by atoms with Gasteiger partial charge in [0, 0.05) is 24.2 Å². The Kier molecular flexibility index (Phi) is 5.54. The van der Waals surface area contributed by atoms with Crippen molar-refractivity contribution in [3.05, 3.63) is 33.9 Å². The van der Waals surface area contributed by atoms with E-state index in [1.54, 1.807) is 6.07 Å². The van der Waals surface area contributed by atoms with Crippen LogP contribution in [0.3, 0.4) is 0 Å². The van der Waals surface area contributed by atoms with Gasteiger partial charge in [-0.1, -0.05) is 0 Å². The molecule has 1 atom stereocenters. The van der Waals surface area contributed by atoms with Crippen LogP contribution < -0.4 is 10.1 Å². The minimum atomic E-state index is -0.431. The first-order valence-corrected chi connectivity index (χ1v) is 5.66. The summed E-state index contributed by atoms with van der Waals surface area (Å²) in [6.07, 6.45) is 0.0268. The lowest BCUT2D eigenvalue weighted by atomic mass is 10.2. The van der Waals surface area contributed by atoms with Gasteiger partial charge in [-0.05, 0) is 20.0 Å². The highest BCUT2D eigenvalue weighted by Crippen LogP contribution is 2.24. The van der Waals surface area contributed by atoms with E-state index in [4.69, 9.17) is 9.47 Å². The summed E-state index contributed by atoms with van der Waals surface area (Å²) in [5.41, 5.74) is 0.713. The molecule has 0 radical (unpaired) electrons. The number of rotatable bonds is 7. The summed E-state index contributed by atoms with van der Waals surface area (Å²) in [6.45, 7) is 2.94. The number of likely N-dealkylation sites (N-methyl/N-ethyl adjacent to an activating group) is 1. The first-order valence-electron chi connectivity index (χ1n) is 5.66. The summed E-state index contributed by atoms with van der Waals surface area (Å²) in [4.78, 5) is 10.3. The van der Waals surface area contributed by atoms with Crippen LogP contribution in [0.5, 0.6) is 5.75 Å². The Bertz CT molecular complexity index is 409. The van der Waals surface area contributed by atoms with Gasteiger partial charge in [0.1, 0.15) is 5.75 Å². The van der Waals surface area contributed by atoms with E-state index in [9.17, 15) is 10.1 Å². The van der Waals surface area contributed by atoms with Crippen molar-refractivity contribution < 1.29 is 14.4 Å². The quantitative estimate of drug-likeness (QED) is 0.592. The van der Waals surface area contributed by atoms with Crippen LogP contribution >= 0.6 is 0 Å². The monoisotopic (exact) mass is 254 g/mol. The lowest BCUT2D eigenvalue weighted by molar-refractivity contribution is -0.385. The molecule has 0 saturated carbocycles. The van der Waals surface area contributed by atoms with Crippen molar-refractivity contribution in [3.63, 3.8) is 0 Å². The van der Waals surface area contributed by atoms with Crippen LogP contribution in [-0.2, 0) is 11.3 Å². The third-order valence-electron chi connectivity index (χ3n) is 2.49. The number of nitro benzene ring substituents is 1. The molecule has 1 unspecified atom stereocenters. The number of hydrogen-bond acceptors (Lipinski definition) is 5. The topological polar surface area (TPSA) is 73.6 Å². The average molecular weight is 254 g/mol. The molecule has 100 valence electrons. The van der Waals surface area contributed by atoms with Crippen LogP contribution in [0.15, 0.2) is 18.2 Å². The SMILES string of the molecule is CNCC(C)OCc1cc([N+](=O)[O-])ccc1OC. The second-order valence-corrected chi connectivity index (χ2v) is 3.93. The van der Waals surface area contributed by atoms with E-state index in [0.29, 0.717) is 11.3 Å². The molecule has 18 heavy (non-hydrogen) atoms. The molecule has 1 aromatic carbocycles. The molecule has 0 spiro atoms. The second kappa shape index (κ2) is 6.93. The third kappa shape index (κ3) is 3.97. The van der Waals surface area contributed by atoms with E-state index in [1.807, 2.05) is 14.0 Å². The molecule has 0 heterocycles. The zero-order chi connectivity index (χ0) is 13.5. The molecule has 0 aliphatic heterocycles. The summed E-state index contributed by atoms with van der Waals surface area (Å²) in [7, 11) is 3.37. The number of benzene rings is 1. The first kappa shape index (κ1) is 14.4. The Morgan fingerprint density at radius 3 is 2.78 bits per heavy atom. The molecule has 1 N–H and O–H groups in total. The van der Waals surface area contributed by atoms with Crippen LogP contribution in [-0.4, -0.2) is 31.7 Å². The predicted octanol–water partition coefficient (Wildman–Crippen LogP) is 1.73. The molecule has 0 amide bonds. The van der Waals surface area contributed by atoms with E-state index in [-0.39, 0.29) is 18.4 Å². The van der Waals surface area contributed by atoms with E-state index in [1.165, 1.54) is 19.2 Å². The number of nitro groups is 1. The van der Waals surface area contributed by atoms with Crippen molar-refractivity contribution in [2.24, 2.45) is 0 Å². The van der Waals surface area contributed by atoms with Gasteiger partial charge >= 0.3 is 0 Å². The predicted molar refractivity (Wildman–Crippen MR) is 67.8 cm³/mol. The number of nitrogens with zero attached hydrogens (tertiary/aromatic N) is 1. The number of methoxy groups -OCH3 is 1. The molecular formula is C12H18N2O4. The Labute approximate surface area is 106 Å². The summed E-state index contributed by atoms with van der Waals surface area (Å²) in [5, 5.41) is 13.7. The van der Waals surface area contributed by atoms with Crippen molar-refractivity contribution in [2.45, 2.75) is 19.6 Å². The molecule has 0 aliphatic rings. The van der Waals surface area contributed by atoms with Crippen molar-refractivity contribution in [3.8, 4) is 5.75 Å². The van der Waals surface area contributed by atoms with Gasteiger partial charge in [0.2, 0.25) is 0 Å². The smallest absolute Gasteiger partial charge is 0.270 e. The van der Waals surface area contributed by atoms with Crippen LogP contribution in [0.4, 0.5) is 5.69 Å². The Hall–Kier alpha value is -1.66. The second-order valence-electron chi connectivity index (χ2n) is 3.93. The maximum absolute atomic E-state index is 10.7. The summed E-state index contributed by atoms with van der Waals surface area (Å²) >= 11 is 0. The van der Waals surface area contributed by atoms with Gasteiger partial charge in [-0.2, -0.15) is 0 Å². The lowest BCUT2D eigenvalue weighted by Gasteiger charge is -2.14. The molecule has 1 aromatic rings. The van der Waals surface area contributed by atoms with Gasteiger partial charge in [-0.15, -0.1) is 0 Å². The average Bonchev–Trinajstić information content (AvgIpc) is 2.36. The summed E-state index contributed by atoms with van der Waals surface area (Å²) in [5.74, 6) is 0.595. The maximum Gasteiger partial charge on any atom is 0.270 e.